The van der Waals surface area contributed by atoms with Crippen LogP contribution in [0.4, 0.5) is 0 Å². The Morgan fingerprint density at radius 1 is 1.15 bits per heavy atom. The fraction of sp³-hybridized carbons (Fsp3) is 0.452. The number of amides is 2. The zero-order valence-electron chi connectivity index (χ0n) is 23.2. The number of rotatable bonds is 4. The van der Waals surface area contributed by atoms with Crippen molar-refractivity contribution in [1.29, 1.82) is 0 Å². The zero-order valence-corrected chi connectivity index (χ0v) is 24.8. The molecule has 210 valence electrons. The van der Waals surface area contributed by atoms with Crippen LogP contribution in [0.3, 0.4) is 0 Å². The lowest BCUT2D eigenvalue weighted by atomic mass is 9.89. The Labute approximate surface area is 242 Å². The largest absolute Gasteiger partial charge is 0.360 e. The minimum absolute atomic E-state index is 0.00685. The molecule has 2 N–H and O–H groups in total. The van der Waals surface area contributed by atoms with Gasteiger partial charge in [-0.3, -0.25) is 14.4 Å². The average Bonchev–Trinajstić information content (AvgIpc) is 3.56. The highest BCUT2D eigenvalue weighted by Gasteiger charge is 2.36. The number of piperidine rings is 1. The number of hydrogen-bond acceptors (Lipinski definition) is 4. The van der Waals surface area contributed by atoms with Crippen LogP contribution < -0.4 is 5.56 Å². The van der Waals surface area contributed by atoms with Crippen molar-refractivity contribution >= 4 is 55.9 Å². The van der Waals surface area contributed by atoms with Crippen LogP contribution in [0.25, 0.3) is 21.1 Å². The van der Waals surface area contributed by atoms with Crippen molar-refractivity contribution in [2.45, 2.75) is 58.9 Å². The second-order valence-electron chi connectivity index (χ2n) is 12.5. The molecule has 6 rings (SSSR count). The van der Waals surface area contributed by atoms with Gasteiger partial charge in [0.25, 0.3) is 5.56 Å². The Kier molecular flexibility index (Phi) is 7.03. The lowest BCUT2D eigenvalue weighted by Gasteiger charge is -2.34. The van der Waals surface area contributed by atoms with Gasteiger partial charge >= 0.3 is 0 Å². The van der Waals surface area contributed by atoms with E-state index in [9.17, 15) is 14.4 Å². The quantitative estimate of drug-likeness (QED) is 0.308. The van der Waals surface area contributed by atoms with Crippen LogP contribution >= 0.6 is 22.9 Å². The molecule has 7 nitrogen and oxygen atoms in total. The Morgan fingerprint density at radius 3 is 2.67 bits per heavy atom. The zero-order chi connectivity index (χ0) is 28.2. The van der Waals surface area contributed by atoms with E-state index in [1.165, 1.54) is 0 Å². The van der Waals surface area contributed by atoms with Crippen LogP contribution in [0.15, 0.2) is 40.6 Å². The number of aromatic nitrogens is 2. The van der Waals surface area contributed by atoms with E-state index in [1.54, 1.807) is 11.3 Å². The first-order valence-electron chi connectivity index (χ1n) is 14.0. The molecule has 3 aromatic heterocycles. The van der Waals surface area contributed by atoms with Gasteiger partial charge in [0.1, 0.15) is 0 Å². The van der Waals surface area contributed by atoms with Crippen molar-refractivity contribution in [2.75, 3.05) is 19.6 Å². The number of aromatic amines is 2. The molecule has 2 amide bonds. The molecule has 0 bridgehead atoms. The Hall–Kier alpha value is -3.10. The van der Waals surface area contributed by atoms with Gasteiger partial charge in [0.15, 0.2) is 0 Å². The number of halogens is 1. The number of carbonyl (C=O) groups excluding carboxylic acids is 2. The molecule has 1 fully saturated rings. The van der Waals surface area contributed by atoms with E-state index in [4.69, 9.17) is 11.6 Å². The molecular formula is C31H35ClN4O3S. The summed E-state index contributed by atoms with van der Waals surface area (Å²) in [6, 6.07) is 7.93. The number of nitrogens with zero attached hydrogens (tertiary/aromatic N) is 2. The lowest BCUT2D eigenvalue weighted by Crippen LogP contribution is -2.43. The van der Waals surface area contributed by atoms with Gasteiger partial charge in [-0.15, -0.1) is 11.3 Å². The average molecular weight is 579 g/mol. The molecule has 0 radical (unpaired) electrons. The number of fused-ring (bicyclic) bond motifs is 4. The second-order valence-corrected chi connectivity index (χ2v) is 13.9. The van der Waals surface area contributed by atoms with Crippen LogP contribution in [0.5, 0.6) is 0 Å². The Balaban J connectivity index is 1.20. The highest BCUT2D eigenvalue weighted by molar-refractivity contribution is 7.17. The van der Waals surface area contributed by atoms with E-state index in [2.05, 4.69) is 30.7 Å². The molecule has 1 aromatic carbocycles. The normalized spacial score (nSPS) is 18.9. The van der Waals surface area contributed by atoms with Gasteiger partial charge < -0.3 is 19.8 Å². The molecule has 9 heteroatoms. The molecule has 0 unspecified atom stereocenters. The van der Waals surface area contributed by atoms with Gasteiger partial charge in [0, 0.05) is 49.7 Å². The van der Waals surface area contributed by atoms with Crippen LogP contribution in [0.1, 0.15) is 62.6 Å². The molecule has 1 atom stereocenters. The maximum Gasteiger partial charge on any atom is 0.251 e. The van der Waals surface area contributed by atoms with Gasteiger partial charge in [0.05, 0.1) is 26.7 Å². The molecule has 0 aliphatic carbocycles. The molecule has 0 spiro atoms. The summed E-state index contributed by atoms with van der Waals surface area (Å²) in [4.78, 5) is 50.2. The van der Waals surface area contributed by atoms with E-state index >= 15 is 0 Å². The summed E-state index contributed by atoms with van der Waals surface area (Å²) in [5.41, 5.74) is 4.61. The number of nitrogens with one attached hydrogen (secondary N) is 2. The summed E-state index contributed by atoms with van der Waals surface area (Å²) < 4.78 is 1.08. The van der Waals surface area contributed by atoms with Gasteiger partial charge in [-0.2, -0.15) is 0 Å². The minimum atomic E-state index is -0.439. The third-order valence-corrected chi connectivity index (χ3v) is 9.50. The number of hydrogen-bond donors (Lipinski definition) is 2. The topological polar surface area (TPSA) is 89.3 Å². The number of carbonyl (C=O) groups is 2. The van der Waals surface area contributed by atoms with Crippen LogP contribution in [-0.2, 0) is 22.6 Å². The molecule has 4 aromatic rings. The lowest BCUT2D eigenvalue weighted by molar-refractivity contribution is -0.142. The van der Waals surface area contributed by atoms with E-state index in [0.717, 1.165) is 50.7 Å². The monoisotopic (exact) mass is 578 g/mol. The summed E-state index contributed by atoms with van der Waals surface area (Å²) in [6.07, 6.45) is 4.03. The van der Waals surface area contributed by atoms with Crippen LogP contribution in [0, 0.1) is 11.3 Å². The van der Waals surface area contributed by atoms with E-state index < -0.39 is 5.92 Å². The summed E-state index contributed by atoms with van der Waals surface area (Å²) in [6.45, 7) is 8.69. The molecule has 0 saturated carbocycles. The van der Waals surface area contributed by atoms with Crippen molar-refractivity contribution in [3.8, 4) is 0 Å². The summed E-state index contributed by atoms with van der Waals surface area (Å²) in [5, 5.41) is 3.66. The smallest absolute Gasteiger partial charge is 0.251 e. The van der Waals surface area contributed by atoms with Gasteiger partial charge in [-0.05, 0) is 71.4 Å². The predicted molar refractivity (Wildman–Crippen MR) is 161 cm³/mol. The maximum atomic E-state index is 13.9. The molecule has 40 heavy (non-hydrogen) atoms. The maximum absolute atomic E-state index is 13.9. The van der Waals surface area contributed by atoms with E-state index in [1.807, 2.05) is 45.6 Å². The third kappa shape index (κ3) is 5.19. The van der Waals surface area contributed by atoms with Crippen molar-refractivity contribution in [1.82, 2.24) is 19.8 Å². The molecular weight excluding hydrogens is 544 g/mol. The fourth-order valence-electron chi connectivity index (χ4n) is 6.44. The first-order valence-corrected chi connectivity index (χ1v) is 15.3. The summed E-state index contributed by atoms with van der Waals surface area (Å²) in [5.74, 6) is -0.276. The van der Waals surface area contributed by atoms with Crippen LogP contribution in [-0.4, -0.2) is 51.2 Å². The van der Waals surface area contributed by atoms with Crippen molar-refractivity contribution < 1.29 is 9.59 Å². The Morgan fingerprint density at radius 2 is 1.93 bits per heavy atom. The summed E-state index contributed by atoms with van der Waals surface area (Å²) >= 11 is 8.24. The third-order valence-electron chi connectivity index (χ3n) is 8.34. The molecule has 5 heterocycles. The highest BCUT2D eigenvalue weighted by Crippen LogP contribution is 2.36. The van der Waals surface area contributed by atoms with Crippen LogP contribution in [0.2, 0.25) is 5.02 Å². The van der Waals surface area contributed by atoms with Gasteiger partial charge in [-0.1, -0.05) is 32.4 Å². The highest BCUT2D eigenvalue weighted by atomic mass is 35.5. The number of H-pyrrole nitrogens is 2. The fourth-order valence-corrected chi connectivity index (χ4v) is 7.52. The Bertz CT molecular complexity index is 1650. The SMILES string of the molecule is CC(C)(C)CN1Cc2c(cc(Cl)c3[nH]ccc23)C[C@@H](CC(=O)N2CCC(c3cc4sccc4[nH]c3=O)CC2)C1=O. The molecule has 2 aliphatic heterocycles. The number of benzene rings is 1. The predicted octanol–water partition coefficient (Wildman–Crippen LogP) is 6.07. The first kappa shape index (κ1) is 27.1. The molecule has 2 aliphatic rings. The minimum Gasteiger partial charge on any atom is -0.360 e. The first-order chi connectivity index (χ1) is 19.1. The number of likely N-dealkylation sites (tertiary alicyclic amines) is 1. The van der Waals surface area contributed by atoms with Gasteiger partial charge in [0.2, 0.25) is 11.8 Å². The van der Waals surface area contributed by atoms with Crippen molar-refractivity contribution in [3.63, 3.8) is 0 Å². The number of pyridine rings is 1. The molecule has 1 saturated heterocycles. The summed E-state index contributed by atoms with van der Waals surface area (Å²) in [7, 11) is 0. The second kappa shape index (κ2) is 10.4. The van der Waals surface area contributed by atoms with Crippen molar-refractivity contribution in [2.24, 2.45) is 11.3 Å². The van der Waals surface area contributed by atoms with E-state index in [-0.39, 0.29) is 35.1 Å². The van der Waals surface area contributed by atoms with Gasteiger partial charge in [-0.25, -0.2) is 0 Å². The number of thiophene rings is 1. The van der Waals surface area contributed by atoms with E-state index in [0.29, 0.717) is 37.6 Å². The standard InChI is InChI=1S/C31H35ClN4O3S/c1-31(2,3)17-36-16-23-19(13-24(32)28-21(23)4-8-33-28)12-20(30(36)39)14-27(37)35-9-5-18(6-10-35)22-15-26-25(7-11-40-26)34-29(22)38/h4,7-8,11,13,15,18,20,33H,5-6,9-10,12,14,16-17H2,1-3H3,(H,34,38)/t20-/m0/s1. The van der Waals surface area contributed by atoms with Crippen molar-refractivity contribution in [3.05, 3.63) is 67.9 Å².